The number of halogens is 1. The van der Waals surface area contributed by atoms with Gasteiger partial charge in [-0.3, -0.25) is 0 Å². The first-order chi connectivity index (χ1) is 6.33. The normalized spacial score (nSPS) is 10.9. The van der Waals surface area contributed by atoms with Gasteiger partial charge in [0.25, 0.3) is 0 Å². The molecule has 0 spiro atoms. The van der Waals surface area contributed by atoms with Crippen LogP contribution in [0.3, 0.4) is 0 Å². The third kappa shape index (κ3) is 5.05. The molecule has 0 aliphatic heterocycles. The van der Waals surface area contributed by atoms with Gasteiger partial charge in [0.2, 0.25) is 0 Å². The van der Waals surface area contributed by atoms with Crippen LogP contribution < -0.4 is 4.46 Å². The molecule has 0 atom stereocenters. The molecule has 0 saturated heterocycles. The Morgan fingerprint density at radius 2 is 1.92 bits per heavy atom. The minimum atomic E-state index is 0.525. The maximum atomic E-state index is 3.43. The molecular weight excluding hydrogens is 358 g/mol. The van der Waals surface area contributed by atoms with Crippen LogP contribution >= 0.6 is 15.9 Å². The van der Waals surface area contributed by atoms with Gasteiger partial charge in [-0.2, -0.15) is 0 Å². The summed E-state index contributed by atoms with van der Waals surface area (Å²) in [7, 11) is 0. The molecular formula is C10H11BrSe2. The summed E-state index contributed by atoms with van der Waals surface area (Å²) in [5, 5.41) is 1.31. The Morgan fingerprint density at radius 1 is 1.23 bits per heavy atom. The molecule has 0 aliphatic carbocycles. The van der Waals surface area contributed by atoms with E-state index >= 15 is 0 Å². The van der Waals surface area contributed by atoms with Crippen LogP contribution in [0.25, 0.3) is 0 Å². The molecule has 1 aromatic carbocycles. The zero-order valence-electron chi connectivity index (χ0n) is 7.37. The number of hydrogen-bond donors (Lipinski definition) is 0. The number of hydrogen-bond acceptors (Lipinski definition) is 0. The van der Waals surface area contributed by atoms with Crippen molar-refractivity contribution >= 4 is 50.3 Å². The standard InChI is InChI=1S/C10H11BrSe2/c1-2-12-7-8-13-10-5-3-9(11)4-6-10/h3-8H,2H2,1H3/b8-7-. The van der Waals surface area contributed by atoms with Crippen molar-refractivity contribution in [3.05, 3.63) is 38.7 Å². The average molecular weight is 369 g/mol. The van der Waals surface area contributed by atoms with Crippen molar-refractivity contribution < 1.29 is 0 Å². The summed E-state index contributed by atoms with van der Waals surface area (Å²) in [6, 6.07) is 8.59. The number of rotatable bonds is 4. The zero-order valence-corrected chi connectivity index (χ0v) is 12.4. The maximum absolute atomic E-state index is 3.43. The van der Waals surface area contributed by atoms with E-state index < -0.39 is 0 Å². The van der Waals surface area contributed by atoms with Crippen LogP contribution in [0.1, 0.15) is 6.92 Å². The van der Waals surface area contributed by atoms with Crippen molar-refractivity contribution in [3.63, 3.8) is 0 Å². The van der Waals surface area contributed by atoms with Crippen molar-refractivity contribution in [2.45, 2.75) is 12.2 Å². The zero-order chi connectivity index (χ0) is 9.52. The van der Waals surface area contributed by atoms with E-state index in [1.54, 1.807) is 0 Å². The molecule has 0 radical (unpaired) electrons. The third-order valence-electron chi connectivity index (χ3n) is 1.34. The molecule has 1 rings (SSSR count). The summed E-state index contributed by atoms with van der Waals surface area (Å²) in [4.78, 5) is 4.68. The summed E-state index contributed by atoms with van der Waals surface area (Å²) in [5.41, 5.74) is 0. The van der Waals surface area contributed by atoms with E-state index in [0.717, 1.165) is 19.4 Å². The molecule has 13 heavy (non-hydrogen) atoms. The monoisotopic (exact) mass is 370 g/mol. The molecule has 0 N–H and O–H groups in total. The van der Waals surface area contributed by atoms with Crippen molar-refractivity contribution in [1.82, 2.24) is 0 Å². The molecule has 0 saturated carbocycles. The molecule has 0 aliphatic rings. The van der Waals surface area contributed by atoms with Crippen LogP contribution in [0.5, 0.6) is 0 Å². The molecule has 0 aromatic heterocycles. The van der Waals surface area contributed by atoms with E-state index in [1.165, 1.54) is 9.78 Å². The molecule has 0 unspecified atom stereocenters. The van der Waals surface area contributed by atoms with Gasteiger partial charge in [-0.1, -0.05) is 0 Å². The van der Waals surface area contributed by atoms with E-state index in [4.69, 9.17) is 0 Å². The van der Waals surface area contributed by atoms with Crippen molar-refractivity contribution in [2.75, 3.05) is 0 Å². The van der Waals surface area contributed by atoms with Crippen molar-refractivity contribution in [3.8, 4) is 0 Å². The third-order valence-corrected chi connectivity index (χ3v) is 5.84. The van der Waals surface area contributed by atoms with Gasteiger partial charge in [-0.15, -0.1) is 0 Å². The molecule has 0 heterocycles. The Balaban J connectivity index is 2.41. The van der Waals surface area contributed by atoms with Gasteiger partial charge in [0.05, 0.1) is 0 Å². The first-order valence-electron chi connectivity index (χ1n) is 4.01. The first-order valence-corrected chi connectivity index (χ1v) is 8.85. The molecule has 0 fully saturated rings. The molecule has 70 valence electrons. The quantitative estimate of drug-likeness (QED) is 0.716. The summed E-state index contributed by atoms with van der Waals surface area (Å²) in [6.45, 7) is 2.23. The SMILES string of the molecule is CC[Se]/C=C\[Se]c1ccc(Br)cc1. The summed E-state index contributed by atoms with van der Waals surface area (Å²) < 4.78 is 2.60. The summed E-state index contributed by atoms with van der Waals surface area (Å²) >= 11 is 4.68. The van der Waals surface area contributed by atoms with E-state index in [9.17, 15) is 0 Å². The van der Waals surface area contributed by atoms with Crippen LogP contribution in [0.2, 0.25) is 5.32 Å². The van der Waals surface area contributed by atoms with E-state index in [2.05, 4.69) is 57.1 Å². The van der Waals surface area contributed by atoms with Gasteiger partial charge in [0, 0.05) is 0 Å². The summed E-state index contributed by atoms with van der Waals surface area (Å²) in [6.07, 6.45) is 0. The fourth-order valence-corrected chi connectivity index (χ4v) is 4.11. The van der Waals surface area contributed by atoms with Gasteiger partial charge in [-0.25, -0.2) is 0 Å². The Bertz CT molecular complexity index is 267. The van der Waals surface area contributed by atoms with Crippen molar-refractivity contribution in [1.29, 1.82) is 0 Å². The predicted molar refractivity (Wildman–Crippen MR) is 64.9 cm³/mol. The Kier molecular flexibility index (Phi) is 6.10. The van der Waals surface area contributed by atoms with Crippen molar-refractivity contribution in [2.24, 2.45) is 0 Å². The Morgan fingerprint density at radius 3 is 2.54 bits per heavy atom. The second-order valence-electron chi connectivity index (χ2n) is 2.30. The van der Waals surface area contributed by atoms with Gasteiger partial charge in [0.1, 0.15) is 0 Å². The molecule has 3 heteroatoms. The van der Waals surface area contributed by atoms with Gasteiger partial charge in [-0.05, 0) is 0 Å². The van der Waals surface area contributed by atoms with E-state index in [0.29, 0.717) is 15.0 Å². The summed E-state index contributed by atoms with van der Waals surface area (Å²) in [5.74, 6) is 0. The van der Waals surface area contributed by atoms with Gasteiger partial charge in [0.15, 0.2) is 0 Å². The Labute approximate surface area is 101 Å². The van der Waals surface area contributed by atoms with Crippen LogP contribution in [0.15, 0.2) is 38.7 Å². The predicted octanol–water partition coefficient (Wildman–Crippen LogP) is 2.39. The van der Waals surface area contributed by atoms with Crippen LogP contribution in [0.4, 0.5) is 0 Å². The van der Waals surface area contributed by atoms with E-state index in [1.807, 2.05) is 0 Å². The van der Waals surface area contributed by atoms with Crippen LogP contribution in [-0.2, 0) is 0 Å². The molecule has 0 amide bonds. The number of benzene rings is 1. The average Bonchev–Trinajstić information content (AvgIpc) is 2.15. The molecule has 0 bridgehead atoms. The van der Waals surface area contributed by atoms with E-state index in [-0.39, 0.29) is 0 Å². The van der Waals surface area contributed by atoms with Gasteiger partial charge < -0.3 is 0 Å². The van der Waals surface area contributed by atoms with Crippen LogP contribution in [0, 0.1) is 0 Å². The topological polar surface area (TPSA) is 0 Å². The second kappa shape index (κ2) is 6.86. The fourth-order valence-electron chi connectivity index (χ4n) is 0.755. The minimum absolute atomic E-state index is 0.525. The van der Waals surface area contributed by atoms with Crippen LogP contribution in [-0.4, -0.2) is 29.9 Å². The second-order valence-corrected chi connectivity index (χ2v) is 7.75. The molecule has 0 nitrogen and oxygen atoms in total. The fraction of sp³-hybridized carbons (Fsp3) is 0.200. The molecule has 1 aromatic rings. The van der Waals surface area contributed by atoms with Gasteiger partial charge >= 0.3 is 101 Å². The first kappa shape index (κ1) is 11.6. The Hall–Kier alpha value is 0.479.